The van der Waals surface area contributed by atoms with Crippen LogP contribution in [0.2, 0.25) is 0 Å². The molecule has 0 fully saturated rings. The van der Waals surface area contributed by atoms with Crippen LogP contribution in [-0.2, 0) is 6.54 Å². The Morgan fingerprint density at radius 3 is 2.69 bits per heavy atom. The number of halogens is 1. The zero-order valence-electron chi connectivity index (χ0n) is 9.01. The predicted molar refractivity (Wildman–Crippen MR) is 61.1 cm³/mol. The maximum atomic E-state index is 3.03. The van der Waals surface area contributed by atoms with E-state index in [9.17, 15) is 0 Å². The maximum absolute atomic E-state index is 3.03. The normalized spacial score (nSPS) is 10.2. The summed E-state index contributed by atoms with van der Waals surface area (Å²) in [5.74, 6) is 0. The Morgan fingerprint density at radius 2 is 2.00 bits per heavy atom. The van der Waals surface area contributed by atoms with Crippen molar-refractivity contribution in [2.24, 2.45) is 0 Å². The summed E-state index contributed by atoms with van der Waals surface area (Å²) in [5.41, 5.74) is 1.26. The summed E-state index contributed by atoms with van der Waals surface area (Å²) in [7, 11) is 0. The molecule has 0 aliphatic carbocycles. The summed E-state index contributed by atoms with van der Waals surface area (Å²) < 4.78 is 2.13. The smallest absolute Gasteiger partial charge is 0.241 e. The Balaban J connectivity index is 0.00000128. The van der Waals surface area contributed by atoms with Crippen LogP contribution in [0.4, 0.5) is 0 Å². The molecule has 0 saturated heterocycles. The molecule has 0 aliphatic heterocycles. The van der Waals surface area contributed by atoms with Gasteiger partial charge in [0, 0.05) is 6.42 Å². The molecule has 0 bridgehead atoms. The fourth-order valence-electron chi connectivity index (χ4n) is 1.47. The van der Waals surface area contributed by atoms with E-state index in [1.54, 1.807) is 0 Å². The quantitative estimate of drug-likeness (QED) is 0.683. The third kappa shape index (κ3) is 3.91. The van der Waals surface area contributed by atoms with Gasteiger partial charge in [-0.15, -0.1) is 0 Å². The minimum atomic E-state index is 0. The molecule has 16 heavy (non-hydrogen) atoms. The van der Waals surface area contributed by atoms with Crippen molar-refractivity contribution >= 4 is 6.08 Å². The number of H-pyrrole nitrogens is 1. The number of nitrogens with zero attached hydrogens (tertiary/aromatic N) is 1. The minimum absolute atomic E-state index is 0. The zero-order chi connectivity index (χ0) is 10.3. The first-order valence-corrected chi connectivity index (χ1v) is 5.18. The first-order valence-electron chi connectivity index (χ1n) is 5.18. The van der Waals surface area contributed by atoms with Gasteiger partial charge in [0.2, 0.25) is 6.33 Å². The van der Waals surface area contributed by atoms with E-state index >= 15 is 0 Å². The summed E-state index contributed by atoms with van der Waals surface area (Å²) in [4.78, 5) is 3.03. The van der Waals surface area contributed by atoms with Gasteiger partial charge in [-0.3, -0.25) is 4.98 Å². The van der Waals surface area contributed by atoms with E-state index in [0.29, 0.717) is 0 Å². The molecule has 1 aromatic carbocycles. The molecule has 0 aliphatic rings. The van der Waals surface area contributed by atoms with Gasteiger partial charge in [-0.05, 0) is 5.56 Å². The van der Waals surface area contributed by atoms with Crippen LogP contribution in [0.3, 0.4) is 0 Å². The number of hydrogen-bond acceptors (Lipinski definition) is 0. The second-order valence-corrected chi connectivity index (χ2v) is 3.45. The van der Waals surface area contributed by atoms with Crippen LogP contribution in [0.5, 0.6) is 0 Å². The van der Waals surface area contributed by atoms with Gasteiger partial charge in [-0.2, -0.15) is 0 Å². The highest BCUT2D eigenvalue weighted by molar-refractivity contribution is 5.48. The van der Waals surface area contributed by atoms with Crippen LogP contribution in [0, 0.1) is 0 Å². The van der Waals surface area contributed by atoms with E-state index < -0.39 is 0 Å². The summed E-state index contributed by atoms with van der Waals surface area (Å²) in [6.45, 7) is 1.02. The Hall–Kier alpha value is -1.54. The van der Waals surface area contributed by atoms with Crippen LogP contribution >= 0.6 is 0 Å². The highest BCUT2D eigenvalue weighted by Crippen LogP contribution is 2.01. The molecule has 2 nitrogen and oxygen atoms in total. The summed E-state index contributed by atoms with van der Waals surface area (Å²) in [6.07, 6.45) is 11.4. The van der Waals surface area contributed by atoms with E-state index in [1.165, 1.54) is 5.56 Å². The molecule has 2 rings (SSSR count). The number of imidazole rings is 1. The molecule has 1 N–H and O–H groups in total. The number of hydrogen-bond donors (Lipinski definition) is 1. The number of aromatic amines is 1. The molecular formula is C13H15ClN2. The Morgan fingerprint density at radius 1 is 1.19 bits per heavy atom. The number of aryl methyl sites for hydroxylation is 1. The SMILES string of the molecule is C(=Cc1ccccc1)CC[n+]1cc[nH]c1.[Cl-]. The van der Waals surface area contributed by atoms with Gasteiger partial charge < -0.3 is 12.4 Å². The van der Waals surface area contributed by atoms with Crippen molar-refractivity contribution in [3.05, 3.63) is 60.7 Å². The molecule has 0 unspecified atom stereocenters. The highest BCUT2D eigenvalue weighted by Gasteiger charge is 1.92. The van der Waals surface area contributed by atoms with Crippen molar-refractivity contribution < 1.29 is 17.0 Å². The molecule has 1 heterocycles. The lowest BCUT2D eigenvalue weighted by atomic mass is 10.2. The Bertz CT molecular complexity index is 407. The van der Waals surface area contributed by atoms with Crippen LogP contribution in [0.25, 0.3) is 6.08 Å². The average molecular weight is 235 g/mol. The first-order chi connectivity index (χ1) is 7.45. The fourth-order valence-corrected chi connectivity index (χ4v) is 1.47. The van der Waals surface area contributed by atoms with Gasteiger partial charge in [-0.1, -0.05) is 42.5 Å². The standard InChI is InChI=1S/C13H14N2.ClH/c1-2-6-13(7-3-1)8-4-5-10-15-11-9-14-12-15;/h1-4,6-9,11-12H,5,10H2;1H. The Kier molecular flexibility index (Phi) is 5.37. The third-order valence-electron chi connectivity index (χ3n) is 2.27. The summed E-state index contributed by atoms with van der Waals surface area (Å²) >= 11 is 0. The molecule has 84 valence electrons. The largest absolute Gasteiger partial charge is 1.00 e. The van der Waals surface area contributed by atoms with Crippen molar-refractivity contribution in [3.63, 3.8) is 0 Å². The molecule has 0 atom stereocenters. The molecule has 0 radical (unpaired) electrons. The van der Waals surface area contributed by atoms with Crippen LogP contribution in [0.1, 0.15) is 12.0 Å². The van der Waals surface area contributed by atoms with Crippen molar-refractivity contribution in [1.82, 2.24) is 4.98 Å². The van der Waals surface area contributed by atoms with E-state index in [-0.39, 0.29) is 12.4 Å². The molecule has 0 spiro atoms. The van der Waals surface area contributed by atoms with Gasteiger partial charge in [0.25, 0.3) is 0 Å². The maximum Gasteiger partial charge on any atom is 0.241 e. The minimum Gasteiger partial charge on any atom is -1.00 e. The van der Waals surface area contributed by atoms with Crippen LogP contribution < -0.4 is 17.0 Å². The zero-order valence-corrected chi connectivity index (χ0v) is 9.77. The number of allylic oxidation sites excluding steroid dienone is 1. The topological polar surface area (TPSA) is 19.7 Å². The van der Waals surface area contributed by atoms with Gasteiger partial charge in [-0.25, -0.2) is 4.57 Å². The van der Waals surface area contributed by atoms with E-state index in [2.05, 4.69) is 46.0 Å². The predicted octanol–water partition coefficient (Wildman–Crippen LogP) is -0.590. The molecule has 1 aromatic heterocycles. The van der Waals surface area contributed by atoms with E-state index in [1.807, 2.05) is 24.8 Å². The summed E-state index contributed by atoms with van der Waals surface area (Å²) in [6, 6.07) is 10.4. The van der Waals surface area contributed by atoms with Crippen molar-refractivity contribution in [2.45, 2.75) is 13.0 Å². The molecular weight excluding hydrogens is 220 g/mol. The van der Waals surface area contributed by atoms with E-state index in [0.717, 1.165) is 13.0 Å². The first kappa shape index (κ1) is 12.5. The van der Waals surface area contributed by atoms with Gasteiger partial charge in [0.15, 0.2) is 0 Å². The van der Waals surface area contributed by atoms with Crippen molar-refractivity contribution in [2.75, 3.05) is 0 Å². The van der Waals surface area contributed by atoms with Crippen LogP contribution in [0.15, 0.2) is 55.1 Å². The van der Waals surface area contributed by atoms with Crippen molar-refractivity contribution in [1.29, 1.82) is 0 Å². The second-order valence-electron chi connectivity index (χ2n) is 3.45. The molecule has 0 saturated carbocycles. The number of rotatable bonds is 4. The van der Waals surface area contributed by atoms with Gasteiger partial charge in [0.1, 0.15) is 12.4 Å². The third-order valence-corrected chi connectivity index (χ3v) is 2.27. The number of aromatic nitrogens is 2. The Labute approximate surface area is 102 Å². The molecule has 2 aromatic rings. The molecule has 3 heteroatoms. The highest BCUT2D eigenvalue weighted by atomic mass is 35.5. The average Bonchev–Trinajstić information content (AvgIpc) is 2.79. The summed E-state index contributed by atoms with van der Waals surface area (Å²) in [5, 5.41) is 0. The van der Waals surface area contributed by atoms with Gasteiger partial charge in [0.05, 0.1) is 6.54 Å². The lowest BCUT2D eigenvalue weighted by molar-refractivity contribution is -0.694. The number of benzene rings is 1. The van der Waals surface area contributed by atoms with Gasteiger partial charge >= 0.3 is 0 Å². The monoisotopic (exact) mass is 234 g/mol. The van der Waals surface area contributed by atoms with Crippen LogP contribution in [-0.4, -0.2) is 4.98 Å². The number of nitrogens with one attached hydrogen (secondary N) is 1. The van der Waals surface area contributed by atoms with E-state index in [4.69, 9.17) is 0 Å². The lowest BCUT2D eigenvalue weighted by Gasteiger charge is -1.92. The van der Waals surface area contributed by atoms with Crippen molar-refractivity contribution in [3.8, 4) is 0 Å². The lowest BCUT2D eigenvalue weighted by Crippen LogP contribution is -3.00. The fraction of sp³-hybridized carbons (Fsp3) is 0.154. The molecule has 0 amide bonds. The second kappa shape index (κ2) is 6.85.